The molecule has 3 N–H and O–H groups in total. The molecule has 1 fully saturated rings. The van der Waals surface area contributed by atoms with Crippen molar-refractivity contribution in [2.24, 2.45) is 0 Å². The number of nitrogens with one attached hydrogen (secondary N) is 2. The summed E-state index contributed by atoms with van der Waals surface area (Å²) in [6.07, 6.45) is 8.81. The molecule has 0 radical (unpaired) electrons. The molecule has 0 aromatic carbocycles. The van der Waals surface area contributed by atoms with Crippen LogP contribution in [0.25, 0.3) is 10.9 Å². The van der Waals surface area contributed by atoms with E-state index in [-0.39, 0.29) is 12.1 Å². The number of aliphatic hydroxyl groups is 1. The van der Waals surface area contributed by atoms with Gasteiger partial charge >= 0.3 is 0 Å². The normalized spacial score (nSPS) is 19.9. The maximum Gasteiger partial charge on any atom is 0.223 e. The summed E-state index contributed by atoms with van der Waals surface area (Å²) in [5.41, 5.74) is 3.83. The summed E-state index contributed by atoms with van der Waals surface area (Å²) in [6, 6.07) is 4.03. The maximum absolute atomic E-state index is 9.93. The number of pyridine rings is 2. The van der Waals surface area contributed by atoms with Crippen LogP contribution in [0.2, 0.25) is 0 Å². The van der Waals surface area contributed by atoms with Gasteiger partial charge in [-0.05, 0) is 57.6 Å². The molecule has 8 heteroatoms. The quantitative estimate of drug-likeness (QED) is 0.526. The molecule has 4 rings (SSSR count). The minimum Gasteiger partial charge on any atom is -0.393 e. The first-order valence-electron chi connectivity index (χ1n) is 10.8. The van der Waals surface area contributed by atoms with Gasteiger partial charge in [-0.15, -0.1) is 0 Å². The number of aromatic nitrogens is 4. The fourth-order valence-corrected chi connectivity index (χ4v) is 4.09. The molecule has 1 atom stereocenters. The van der Waals surface area contributed by atoms with Gasteiger partial charge in [-0.3, -0.25) is 4.98 Å². The molecule has 0 unspecified atom stereocenters. The Bertz CT molecular complexity index is 1020. The van der Waals surface area contributed by atoms with Crippen molar-refractivity contribution >= 4 is 28.4 Å². The lowest BCUT2D eigenvalue weighted by molar-refractivity contribution is 0.122. The highest BCUT2D eigenvalue weighted by Gasteiger charge is 2.24. The van der Waals surface area contributed by atoms with Crippen molar-refractivity contribution in [3.8, 4) is 0 Å². The van der Waals surface area contributed by atoms with Gasteiger partial charge in [0.1, 0.15) is 5.82 Å². The highest BCUT2D eigenvalue weighted by molar-refractivity contribution is 5.93. The maximum atomic E-state index is 9.93. The second-order valence-electron chi connectivity index (χ2n) is 8.34. The van der Waals surface area contributed by atoms with Crippen molar-refractivity contribution in [1.82, 2.24) is 19.9 Å². The summed E-state index contributed by atoms with van der Waals surface area (Å²) in [5.74, 6) is 1.60. The van der Waals surface area contributed by atoms with Gasteiger partial charge in [0.2, 0.25) is 5.95 Å². The number of aliphatic hydroxyl groups excluding tert-OH is 1. The summed E-state index contributed by atoms with van der Waals surface area (Å²) >= 11 is 0. The lowest BCUT2D eigenvalue weighted by atomic mass is 9.82. The van der Waals surface area contributed by atoms with Gasteiger partial charge in [0, 0.05) is 36.8 Å². The molecule has 8 nitrogen and oxygen atoms in total. The second-order valence-corrected chi connectivity index (χ2v) is 8.34. The third-order valence-electron chi connectivity index (χ3n) is 5.75. The van der Waals surface area contributed by atoms with E-state index >= 15 is 0 Å². The molecular formula is C23H30N6O2. The Labute approximate surface area is 182 Å². The van der Waals surface area contributed by atoms with Crippen molar-refractivity contribution in [1.29, 1.82) is 0 Å². The number of aryl methyl sites for hydroxylation is 1. The van der Waals surface area contributed by atoms with E-state index < -0.39 is 0 Å². The summed E-state index contributed by atoms with van der Waals surface area (Å²) in [7, 11) is 1.68. The number of rotatable bonds is 7. The number of ether oxygens (including phenoxy) is 1. The second kappa shape index (κ2) is 9.53. The molecule has 3 aromatic heterocycles. The monoisotopic (exact) mass is 422 g/mol. The van der Waals surface area contributed by atoms with Crippen LogP contribution in [-0.2, 0) is 4.74 Å². The highest BCUT2D eigenvalue weighted by Crippen LogP contribution is 2.37. The standard InChI is InChI=1S/C23H30N6O2/c1-14-4-7-17(10-24-14)28-22-20-12-26-23(27-15(2)13-31-3)29-21(20)19(11-25-22)16-5-8-18(30)9-6-16/h4,7,10-12,15-16,18,30H,5-6,8-9,13H2,1-3H3,(H,25,28)(H,26,27,29)/t15-,16-,18-/m0/s1. The van der Waals surface area contributed by atoms with Crippen LogP contribution in [-0.4, -0.2) is 50.9 Å². The Hall–Kier alpha value is -2.84. The molecule has 1 aliphatic rings. The zero-order valence-electron chi connectivity index (χ0n) is 18.3. The molecule has 1 saturated carbocycles. The minimum absolute atomic E-state index is 0.0915. The lowest BCUT2D eigenvalue weighted by Gasteiger charge is -2.26. The van der Waals surface area contributed by atoms with E-state index in [0.29, 0.717) is 24.3 Å². The number of hydrogen-bond acceptors (Lipinski definition) is 8. The van der Waals surface area contributed by atoms with Gasteiger partial charge in [-0.2, -0.15) is 0 Å². The zero-order valence-corrected chi connectivity index (χ0v) is 18.3. The molecule has 1 aliphatic carbocycles. The topological polar surface area (TPSA) is 105 Å². The molecule has 0 saturated heterocycles. The van der Waals surface area contributed by atoms with E-state index in [2.05, 4.69) is 20.6 Å². The van der Waals surface area contributed by atoms with Crippen LogP contribution in [0.3, 0.4) is 0 Å². The molecule has 0 aliphatic heterocycles. The summed E-state index contributed by atoms with van der Waals surface area (Å²) < 4.78 is 5.22. The van der Waals surface area contributed by atoms with E-state index in [1.807, 2.05) is 38.4 Å². The predicted octanol–water partition coefficient (Wildman–Crippen LogP) is 3.94. The number of hydrogen-bond donors (Lipinski definition) is 3. The van der Waals surface area contributed by atoms with Gasteiger partial charge in [0.25, 0.3) is 0 Å². The van der Waals surface area contributed by atoms with Crippen molar-refractivity contribution in [3.05, 3.63) is 42.0 Å². The average Bonchev–Trinajstić information content (AvgIpc) is 2.76. The SMILES string of the molecule is COC[C@H](C)Nc1ncc2c(Nc3ccc(C)nc3)ncc([C@H]3CC[C@H](O)CC3)c2n1. The third kappa shape index (κ3) is 5.08. The van der Waals surface area contributed by atoms with Crippen LogP contribution in [0, 0.1) is 6.92 Å². The Balaban J connectivity index is 1.72. The van der Waals surface area contributed by atoms with E-state index in [9.17, 15) is 5.11 Å². The van der Waals surface area contributed by atoms with Crippen molar-refractivity contribution in [3.63, 3.8) is 0 Å². The largest absolute Gasteiger partial charge is 0.393 e. The van der Waals surface area contributed by atoms with Crippen LogP contribution < -0.4 is 10.6 Å². The molecule has 0 spiro atoms. The summed E-state index contributed by atoms with van der Waals surface area (Å²) in [6.45, 7) is 4.56. The van der Waals surface area contributed by atoms with Crippen LogP contribution >= 0.6 is 0 Å². The van der Waals surface area contributed by atoms with E-state index in [1.54, 1.807) is 13.3 Å². The van der Waals surface area contributed by atoms with Crippen LogP contribution in [0.5, 0.6) is 0 Å². The Morgan fingerprint density at radius 3 is 2.61 bits per heavy atom. The van der Waals surface area contributed by atoms with Crippen molar-refractivity contribution in [2.75, 3.05) is 24.4 Å². The minimum atomic E-state index is -0.202. The molecule has 3 aromatic rings. The molecule has 164 valence electrons. The zero-order chi connectivity index (χ0) is 21.8. The van der Waals surface area contributed by atoms with Gasteiger partial charge in [-0.25, -0.2) is 15.0 Å². The van der Waals surface area contributed by atoms with Crippen molar-refractivity contribution in [2.45, 2.75) is 57.6 Å². The van der Waals surface area contributed by atoms with Crippen LogP contribution in [0.4, 0.5) is 17.5 Å². The fraction of sp³-hybridized carbons (Fsp3) is 0.478. The number of nitrogens with zero attached hydrogens (tertiary/aromatic N) is 4. The van der Waals surface area contributed by atoms with Gasteiger partial charge < -0.3 is 20.5 Å². The number of fused-ring (bicyclic) bond motifs is 1. The number of methoxy groups -OCH3 is 1. The van der Waals surface area contributed by atoms with Crippen LogP contribution in [0.15, 0.2) is 30.7 Å². The fourth-order valence-electron chi connectivity index (χ4n) is 4.09. The summed E-state index contributed by atoms with van der Waals surface area (Å²) in [4.78, 5) is 18.5. The average molecular weight is 423 g/mol. The first kappa shape index (κ1) is 21.4. The summed E-state index contributed by atoms with van der Waals surface area (Å²) in [5, 5.41) is 17.5. The van der Waals surface area contributed by atoms with E-state index in [4.69, 9.17) is 14.7 Å². The molecule has 3 heterocycles. The van der Waals surface area contributed by atoms with Gasteiger partial charge in [-0.1, -0.05) is 0 Å². The van der Waals surface area contributed by atoms with Crippen molar-refractivity contribution < 1.29 is 9.84 Å². The third-order valence-corrected chi connectivity index (χ3v) is 5.75. The van der Waals surface area contributed by atoms with E-state index in [1.165, 1.54) is 0 Å². The van der Waals surface area contributed by atoms with Crippen LogP contribution in [0.1, 0.15) is 49.8 Å². The Morgan fingerprint density at radius 2 is 1.90 bits per heavy atom. The molecule has 0 amide bonds. The predicted molar refractivity (Wildman–Crippen MR) is 122 cm³/mol. The highest BCUT2D eigenvalue weighted by atomic mass is 16.5. The lowest BCUT2D eigenvalue weighted by Crippen LogP contribution is -2.22. The van der Waals surface area contributed by atoms with Gasteiger partial charge in [0.15, 0.2) is 0 Å². The number of anilines is 3. The van der Waals surface area contributed by atoms with E-state index in [0.717, 1.165) is 53.5 Å². The first-order valence-corrected chi connectivity index (χ1v) is 10.8. The van der Waals surface area contributed by atoms with Gasteiger partial charge in [0.05, 0.1) is 35.5 Å². The Kier molecular flexibility index (Phi) is 6.58. The first-order chi connectivity index (χ1) is 15.0. The Morgan fingerprint density at radius 1 is 1.10 bits per heavy atom. The molecule has 31 heavy (non-hydrogen) atoms. The smallest absolute Gasteiger partial charge is 0.223 e. The molecular weight excluding hydrogens is 392 g/mol. The molecule has 0 bridgehead atoms.